The number of hydrogen-bond acceptors (Lipinski definition) is 3. The minimum absolute atomic E-state index is 0.0702. The van der Waals surface area contributed by atoms with Crippen LogP contribution >= 0.6 is 11.6 Å². The summed E-state index contributed by atoms with van der Waals surface area (Å²) in [7, 11) is 0. The van der Waals surface area contributed by atoms with Crippen LogP contribution in [0.15, 0.2) is 42.5 Å². The van der Waals surface area contributed by atoms with Gasteiger partial charge in [0, 0.05) is 37.1 Å². The summed E-state index contributed by atoms with van der Waals surface area (Å²) in [5, 5.41) is 0.677. The Morgan fingerprint density at radius 3 is 2.64 bits per heavy atom. The van der Waals surface area contributed by atoms with Crippen molar-refractivity contribution in [2.24, 2.45) is 0 Å². The van der Waals surface area contributed by atoms with Gasteiger partial charge in [0.25, 0.3) is 0 Å². The Kier molecular flexibility index (Phi) is 5.45. The van der Waals surface area contributed by atoms with E-state index in [1.165, 1.54) is 12.1 Å². The molecule has 0 aromatic heterocycles. The van der Waals surface area contributed by atoms with Crippen molar-refractivity contribution in [2.45, 2.75) is 18.9 Å². The van der Waals surface area contributed by atoms with E-state index in [1.807, 2.05) is 12.1 Å². The van der Waals surface area contributed by atoms with Gasteiger partial charge in [-0.1, -0.05) is 11.6 Å². The van der Waals surface area contributed by atoms with Crippen molar-refractivity contribution < 1.29 is 18.3 Å². The van der Waals surface area contributed by atoms with Crippen molar-refractivity contribution in [3.63, 3.8) is 0 Å². The lowest BCUT2D eigenvalue weighted by molar-refractivity contribution is 0.0933. The fourth-order valence-corrected chi connectivity index (χ4v) is 3.09. The predicted molar refractivity (Wildman–Crippen MR) is 93.4 cm³/mol. The first-order valence-electron chi connectivity index (χ1n) is 8.18. The molecule has 0 radical (unpaired) electrons. The summed E-state index contributed by atoms with van der Waals surface area (Å²) < 4.78 is 37.9. The van der Waals surface area contributed by atoms with E-state index < -0.39 is 11.6 Å². The smallest absolute Gasteiger partial charge is 0.167 e. The molecular formula is C19H20ClF2NO2. The monoisotopic (exact) mass is 367 g/mol. The zero-order chi connectivity index (χ0) is 17.9. The Morgan fingerprint density at radius 2 is 1.92 bits per heavy atom. The van der Waals surface area contributed by atoms with Crippen LogP contribution in [-0.2, 0) is 0 Å². The van der Waals surface area contributed by atoms with Gasteiger partial charge >= 0.3 is 0 Å². The molecule has 3 rings (SSSR count). The first-order valence-corrected chi connectivity index (χ1v) is 8.56. The second kappa shape index (κ2) is 7.58. The second-order valence-electron chi connectivity index (χ2n) is 6.46. The fourth-order valence-electron chi connectivity index (χ4n) is 2.96. The van der Waals surface area contributed by atoms with Crippen molar-refractivity contribution in [3.8, 4) is 11.5 Å². The van der Waals surface area contributed by atoms with Gasteiger partial charge in [-0.15, -0.1) is 0 Å². The van der Waals surface area contributed by atoms with Crippen LogP contribution in [0.2, 0.25) is 5.02 Å². The SMILES string of the molecule is CC1(Oc2ccc(Cl)cc2)CCN(CCOc2ccc(F)cc2F)C1. The maximum absolute atomic E-state index is 13.5. The van der Waals surface area contributed by atoms with Crippen LogP contribution in [0.4, 0.5) is 8.78 Å². The number of hydrogen-bond donors (Lipinski definition) is 0. The number of nitrogens with zero attached hydrogens (tertiary/aromatic N) is 1. The molecule has 1 aliphatic rings. The molecule has 1 heterocycles. The van der Waals surface area contributed by atoms with E-state index >= 15 is 0 Å². The molecule has 1 unspecified atom stereocenters. The Balaban J connectivity index is 1.48. The van der Waals surface area contributed by atoms with E-state index in [9.17, 15) is 8.78 Å². The number of halogens is 3. The first-order chi connectivity index (χ1) is 11.9. The fraction of sp³-hybridized carbons (Fsp3) is 0.368. The standard InChI is InChI=1S/C19H20ClF2NO2/c1-19(25-16-5-2-14(20)3-6-16)8-9-23(13-19)10-11-24-18-7-4-15(21)12-17(18)22/h2-7,12H,8-11,13H2,1H3. The molecule has 134 valence electrons. The number of benzene rings is 2. The maximum Gasteiger partial charge on any atom is 0.167 e. The van der Waals surface area contributed by atoms with Gasteiger partial charge in [0.2, 0.25) is 0 Å². The average molecular weight is 368 g/mol. The molecule has 2 aromatic rings. The third-order valence-electron chi connectivity index (χ3n) is 4.25. The van der Waals surface area contributed by atoms with Crippen LogP contribution in [0.1, 0.15) is 13.3 Å². The summed E-state index contributed by atoms with van der Waals surface area (Å²) in [6, 6.07) is 10.6. The van der Waals surface area contributed by atoms with Gasteiger partial charge in [-0.3, -0.25) is 4.90 Å². The van der Waals surface area contributed by atoms with Crippen LogP contribution in [0.25, 0.3) is 0 Å². The van der Waals surface area contributed by atoms with E-state index in [4.69, 9.17) is 21.1 Å². The molecule has 1 aliphatic heterocycles. The highest BCUT2D eigenvalue weighted by molar-refractivity contribution is 6.30. The van der Waals surface area contributed by atoms with E-state index in [0.717, 1.165) is 31.3 Å². The van der Waals surface area contributed by atoms with Gasteiger partial charge in [-0.2, -0.15) is 0 Å². The van der Waals surface area contributed by atoms with Crippen LogP contribution in [0.5, 0.6) is 11.5 Å². The van der Waals surface area contributed by atoms with E-state index in [-0.39, 0.29) is 11.4 Å². The Bertz CT molecular complexity index is 726. The van der Waals surface area contributed by atoms with Crippen molar-refractivity contribution in [3.05, 3.63) is 59.1 Å². The molecule has 0 saturated carbocycles. The minimum atomic E-state index is -0.683. The van der Waals surface area contributed by atoms with Crippen LogP contribution in [0, 0.1) is 11.6 Å². The zero-order valence-corrected chi connectivity index (χ0v) is 14.7. The first kappa shape index (κ1) is 18.0. The van der Waals surface area contributed by atoms with Gasteiger partial charge in [-0.05, 0) is 43.3 Å². The Morgan fingerprint density at radius 1 is 1.16 bits per heavy atom. The number of ether oxygens (including phenoxy) is 2. The van der Waals surface area contributed by atoms with Crippen LogP contribution in [-0.4, -0.2) is 36.7 Å². The summed E-state index contributed by atoms with van der Waals surface area (Å²) in [5.74, 6) is -0.434. The lowest BCUT2D eigenvalue weighted by atomic mass is 10.1. The van der Waals surface area contributed by atoms with Crippen molar-refractivity contribution in [1.29, 1.82) is 0 Å². The van der Waals surface area contributed by atoms with Gasteiger partial charge in [-0.25, -0.2) is 8.78 Å². The van der Waals surface area contributed by atoms with Crippen molar-refractivity contribution in [1.82, 2.24) is 4.90 Å². The lowest BCUT2D eigenvalue weighted by Crippen LogP contribution is -2.37. The normalized spacial score (nSPS) is 20.6. The molecule has 0 N–H and O–H groups in total. The van der Waals surface area contributed by atoms with Gasteiger partial charge in [0.15, 0.2) is 11.6 Å². The van der Waals surface area contributed by atoms with Gasteiger partial charge < -0.3 is 9.47 Å². The summed E-state index contributed by atoms with van der Waals surface area (Å²) in [5.41, 5.74) is -0.283. The predicted octanol–water partition coefficient (Wildman–Crippen LogP) is 4.54. The Hall–Kier alpha value is -1.85. The largest absolute Gasteiger partial charge is 0.489 e. The Labute approximate surface area is 151 Å². The van der Waals surface area contributed by atoms with Crippen molar-refractivity contribution in [2.75, 3.05) is 26.2 Å². The molecule has 1 saturated heterocycles. The molecule has 0 bridgehead atoms. The maximum atomic E-state index is 13.5. The molecule has 0 aliphatic carbocycles. The summed E-state index contributed by atoms with van der Waals surface area (Å²) in [4.78, 5) is 2.21. The van der Waals surface area contributed by atoms with Crippen LogP contribution in [0.3, 0.4) is 0 Å². The summed E-state index contributed by atoms with van der Waals surface area (Å²) in [6.45, 7) is 4.68. The average Bonchev–Trinajstić information content (AvgIpc) is 2.93. The highest BCUT2D eigenvalue weighted by Crippen LogP contribution is 2.28. The molecule has 1 atom stereocenters. The summed E-state index contributed by atoms with van der Waals surface area (Å²) in [6.07, 6.45) is 0.889. The third-order valence-corrected chi connectivity index (χ3v) is 4.50. The van der Waals surface area contributed by atoms with E-state index in [2.05, 4.69) is 11.8 Å². The van der Waals surface area contributed by atoms with E-state index in [1.54, 1.807) is 12.1 Å². The summed E-state index contributed by atoms with van der Waals surface area (Å²) >= 11 is 5.89. The highest BCUT2D eigenvalue weighted by Gasteiger charge is 2.35. The quantitative estimate of drug-likeness (QED) is 0.748. The van der Waals surface area contributed by atoms with Gasteiger partial charge in [0.05, 0.1) is 0 Å². The second-order valence-corrected chi connectivity index (χ2v) is 6.89. The van der Waals surface area contributed by atoms with Crippen LogP contribution < -0.4 is 9.47 Å². The molecule has 3 nitrogen and oxygen atoms in total. The molecule has 25 heavy (non-hydrogen) atoms. The zero-order valence-electron chi connectivity index (χ0n) is 14.0. The molecule has 2 aromatic carbocycles. The van der Waals surface area contributed by atoms with E-state index in [0.29, 0.717) is 18.2 Å². The molecular weight excluding hydrogens is 348 g/mol. The molecule has 0 amide bonds. The third kappa shape index (κ3) is 4.83. The highest BCUT2D eigenvalue weighted by atomic mass is 35.5. The topological polar surface area (TPSA) is 21.7 Å². The lowest BCUT2D eigenvalue weighted by Gasteiger charge is -2.26. The minimum Gasteiger partial charge on any atom is -0.489 e. The molecule has 0 spiro atoms. The molecule has 6 heteroatoms. The van der Waals surface area contributed by atoms with Crippen molar-refractivity contribution >= 4 is 11.6 Å². The number of rotatable bonds is 6. The molecule has 1 fully saturated rings. The van der Waals surface area contributed by atoms with Gasteiger partial charge in [0.1, 0.15) is 23.8 Å². The number of likely N-dealkylation sites (tertiary alicyclic amines) is 1.